The molecule has 0 radical (unpaired) electrons. The van der Waals surface area contributed by atoms with E-state index in [9.17, 15) is 17.6 Å². The van der Waals surface area contributed by atoms with E-state index in [0.717, 1.165) is 17.2 Å². The molecule has 0 aliphatic carbocycles. The van der Waals surface area contributed by atoms with Crippen molar-refractivity contribution in [3.8, 4) is 0 Å². The Morgan fingerprint density at radius 2 is 1.62 bits per heavy atom. The van der Waals surface area contributed by atoms with Gasteiger partial charge in [-0.05, 0) is 24.6 Å². The number of hydrogen-bond donors (Lipinski definition) is 0. The van der Waals surface area contributed by atoms with Crippen LogP contribution in [0, 0.1) is 12.7 Å². The number of hydrogen-bond acceptors (Lipinski definition) is 3. The van der Waals surface area contributed by atoms with Gasteiger partial charge >= 0.3 is 0 Å². The second-order valence-corrected chi connectivity index (χ2v) is 8.28. The Hall–Kier alpha value is -2.25. The monoisotopic (exact) mass is 376 g/mol. The van der Waals surface area contributed by atoms with Gasteiger partial charge in [-0.25, -0.2) is 12.8 Å². The highest BCUT2D eigenvalue weighted by atomic mass is 32.2. The van der Waals surface area contributed by atoms with Gasteiger partial charge in [-0.3, -0.25) is 4.79 Å². The molecule has 138 valence electrons. The number of nitrogens with zero attached hydrogens (tertiary/aromatic N) is 2. The van der Waals surface area contributed by atoms with E-state index in [-0.39, 0.29) is 23.9 Å². The van der Waals surface area contributed by atoms with Gasteiger partial charge < -0.3 is 4.90 Å². The fourth-order valence-electron chi connectivity index (χ4n) is 2.96. The van der Waals surface area contributed by atoms with Gasteiger partial charge in [0.25, 0.3) is 0 Å². The fraction of sp³-hybridized carbons (Fsp3) is 0.316. The summed E-state index contributed by atoms with van der Waals surface area (Å²) in [7, 11) is -3.89. The Labute approximate surface area is 153 Å². The van der Waals surface area contributed by atoms with Crippen LogP contribution in [0.2, 0.25) is 0 Å². The molecule has 26 heavy (non-hydrogen) atoms. The van der Waals surface area contributed by atoms with Crippen molar-refractivity contribution >= 4 is 15.9 Å². The minimum Gasteiger partial charge on any atom is -0.340 e. The van der Waals surface area contributed by atoms with Crippen LogP contribution in [0.5, 0.6) is 0 Å². The molecular weight excluding hydrogens is 355 g/mol. The highest BCUT2D eigenvalue weighted by molar-refractivity contribution is 7.89. The first-order valence-electron chi connectivity index (χ1n) is 8.46. The van der Waals surface area contributed by atoms with Crippen LogP contribution in [0.15, 0.2) is 53.4 Å². The Bertz CT molecular complexity index is 889. The number of amides is 1. The molecule has 0 spiro atoms. The lowest BCUT2D eigenvalue weighted by atomic mass is 10.1. The first-order chi connectivity index (χ1) is 12.4. The minimum absolute atomic E-state index is 0.0307. The Morgan fingerprint density at radius 3 is 2.23 bits per heavy atom. The maximum Gasteiger partial charge on any atom is 0.246 e. The average molecular weight is 376 g/mol. The van der Waals surface area contributed by atoms with Crippen molar-refractivity contribution in [3.05, 3.63) is 65.5 Å². The Balaban J connectivity index is 1.62. The first-order valence-corrected chi connectivity index (χ1v) is 9.90. The molecule has 0 atom stereocenters. The van der Waals surface area contributed by atoms with Crippen molar-refractivity contribution in [2.45, 2.75) is 18.2 Å². The molecule has 1 heterocycles. The third kappa shape index (κ3) is 3.94. The summed E-state index contributed by atoms with van der Waals surface area (Å²) in [5, 5.41) is 0. The predicted octanol–water partition coefficient (Wildman–Crippen LogP) is 2.21. The molecule has 5 nitrogen and oxygen atoms in total. The van der Waals surface area contributed by atoms with Crippen molar-refractivity contribution in [3.63, 3.8) is 0 Å². The smallest absolute Gasteiger partial charge is 0.246 e. The zero-order valence-corrected chi connectivity index (χ0v) is 15.4. The standard InChI is InChI=1S/C19H21FN2O3S/c1-15-6-8-16(9-7-15)14-19(23)21-10-12-22(13-11-21)26(24,25)18-5-3-2-4-17(18)20/h2-9H,10-14H2,1H3. The molecule has 0 N–H and O–H groups in total. The van der Waals surface area contributed by atoms with Crippen molar-refractivity contribution in [2.24, 2.45) is 0 Å². The normalized spacial score (nSPS) is 15.8. The SMILES string of the molecule is Cc1ccc(CC(=O)N2CCN(S(=O)(=O)c3ccccc3F)CC2)cc1. The highest BCUT2D eigenvalue weighted by Crippen LogP contribution is 2.20. The maximum atomic E-state index is 13.8. The van der Waals surface area contributed by atoms with Gasteiger partial charge in [0.05, 0.1) is 6.42 Å². The quantitative estimate of drug-likeness (QED) is 0.822. The molecule has 1 aliphatic rings. The third-order valence-electron chi connectivity index (χ3n) is 4.52. The van der Waals surface area contributed by atoms with Crippen LogP contribution in [0.25, 0.3) is 0 Å². The molecule has 3 rings (SSSR count). The number of carbonyl (C=O) groups is 1. The summed E-state index contributed by atoms with van der Waals surface area (Å²) in [4.78, 5) is 13.8. The average Bonchev–Trinajstić information content (AvgIpc) is 2.64. The molecule has 2 aromatic carbocycles. The molecule has 1 fully saturated rings. The number of halogens is 1. The zero-order chi connectivity index (χ0) is 18.7. The first kappa shape index (κ1) is 18.5. The number of sulfonamides is 1. The summed E-state index contributed by atoms with van der Waals surface area (Å²) in [5.74, 6) is -0.790. The summed E-state index contributed by atoms with van der Waals surface area (Å²) in [6.07, 6.45) is 0.292. The predicted molar refractivity (Wildman–Crippen MR) is 96.6 cm³/mol. The third-order valence-corrected chi connectivity index (χ3v) is 6.45. The number of piperazine rings is 1. The van der Waals surface area contributed by atoms with E-state index in [1.54, 1.807) is 4.90 Å². The summed E-state index contributed by atoms with van der Waals surface area (Å²) in [6.45, 7) is 2.92. The number of aryl methyl sites for hydroxylation is 1. The topological polar surface area (TPSA) is 57.7 Å². The van der Waals surface area contributed by atoms with Gasteiger partial charge in [0.1, 0.15) is 10.7 Å². The van der Waals surface area contributed by atoms with Crippen molar-refractivity contribution < 1.29 is 17.6 Å². The number of carbonyl (C=O) groups excluding carboxylic acids is 1. The molecule has 1 saturated heterocycles. The van der Waals surface area contributed by atoms with E-state index in [2.05, 4.69) is 0 Å². The van der Waals surface area contributed by atoms with Crippen LogP contribution < -0.4 is 0 Å². The summed E-state index contributed by atoms with van der Waals surface area (Å²) in [5.41, 5.74) is 2.06. The second-order valence-electron chi connectivity index (χ2n) is 6.38. The number of benzene rings is 2. The number of rotatable bonds is 4. The van der Waals surface area contributed by atoms with Gasteiger partial charge in [0.15, 0.2) is 0 Å². The van der Waals surface area contributed by atoms with Gasteiger partial charge in [-0.1, -0.05) is 42.0 Å². The molecule has 0 aromatic heterocycles. The van der Waals surface area contributed by atoms with Crippen LogP contribution in [-0.4, -0.2) is 49.7 Å². The fourth-order valence-corrected chi connectivity index (χ4v) is 4.45. The lowest BCUT2D eigenvalue weighted by molar-refractivity contribution is -0.131. The summed E-state index contributed by atoms with van der Waals surface area (Å²) in [6, 6.07) is 13.1. The van der Waals surface area contributed by atoms with Crippen molar-refractivity contribution in [1.82, 2.24) is 9.21 Å². The lowest BCUT2D eigenvalue weighted by Crippen LogP contribution is -2.51. The molecule has 0 bridgehead atoms. The lowest BCUT2D eigenvalue weighted by Gasteiger charge is -2.34. The molecule has 1 amide bonds. The van der Waals surface area contributed by atoms with E-state index in [0.29, 0.717) is 19.5 Å². The second kappa shape index (κ2) is 7.55. The molecule has 0 saturated carbocycles. The van der Waals surface area contributed by atoms with Gasteiger partial charge in [-0.15, -0.1) is 0 Å². The highest BCUT2D eigenvalue weighted by Gasteiger charge is 2.31. The van der Waals surface area contributed by atoms with E-state index < -0.39 is 15.8 Å². The summed E-state index contributed by atoms with van der Waals surface area (Å²) < 4.78 is 40.3. The van der Waals surface area contributed by atoms with E-state index in [1.807, 2.05) is 31.2 Å². The van der Waals surface area contributed by atoms with Gasteiger partial charge in [0.2, 0.25) is 15.9 Å². The van der Waals surface area contributed by atoms with Gasteiger partial charge in [0, 0.05) is 26.2 Å². The van der Waals surface area contributed by atoms with Crippen LogP contribution in [0.3, 0.4) is 0 Å². The van der Waals surface area contributed by atoms with E-state index in [4.69, 9.17) is 0 Å². The molecule has 2 aromatic rings. The largest absolute Gasteiger partial charge is 0.340 e. The van der Waals surface area contributed by atoms with Crippen LogP contribution in [-0.2, 0) is 21.2 Å². The van der Waals surface area contributed by atoms with E-state index >= 15 is 0 Å². The maximum absolute atomic E-state index is 13.8. The van der Waals surface area contributed by atoms with E-state index in [1.165, 1.54) is 22.5 Å². The Kier molecular flexibility index (Phi) is 5.38. The molecule has 7 heteroatoms. The molecule has 1 aliphatic heterocycles. The van der Waals surface area contributed by atoms with Crippen LogP contribution in [0.1, 0.15) is 11.1 Å². The van der Waals surface area contributed by atoms with Gasteiger partial charge in [-0.2, -0.15) is 4.31 Å². The Morgan fingerprint density at radius 1 is 1.00 bits per heavy atom. The zero-order valence-electron chi connectivity index (χ0n) is 14.6. The molecule has 0 unspecified atom stereocenters. The molecular formula is C19H21FN2O3S. The van der Waals surface area contributed by atoms with Crippen LogP contribution >= 0.6 is 0 Å². The summed E-state index contributed by atoms with van der Waals surface area (Å²) >= 11 is 0. The van der Waals surface area contributed by atoms with Crippen molar-refractivity contribution in [2.75, 3.05) is 26.2 Å². The van der Waals surface area contributed by atoms with Crippen molar-refractivity contribution in [1.29, 1.82) is 0 Å². The van der Waals surface area contributed by atoms with Crippen LogP contribution in [0.4, 0.5) is 4.39 Å². The minimum atomic E-state index is -3.89.